The predicted molar refractivity (Wildman–Crippen MR) is 66.2 cm³/mol. The van der Waals surface area contributed by atoms with Crippen LogP contribution in [0, 0.1) is 13.8 Å². The van der Waals surface area contributed by atoms with E-state index in [0.717, 1.165) is 11.1 Å². The van der Waals surface area contributed by atoms with Gasteiger partial charge < -0.3 is 4.74 Å². The molecule has 5 heteroatoms. The van der Waals surface area contributed by atoms with Crippen LogP contribution in [0.1, 0.15) is 21.5 Å². The van der Waals surface area contributed by atoms with Crippen molar-refractivity contribution in [3.05, 3.63) is 47.5 Å². The smallest absolute Gasteiger partial charge is 0.338 e. The molecule has 2 aromatic rings. The number of nitrogens with zero attached hydrogens (tertiary/aromatic N) is 3. The molecule has 0 radical (unpaired) electrons. The van der Waals surface area contributed by atoms with Crippen molar-refractivity contribution < 1.29 is 9.53 Å². The average molecular weight is 245 g/mol. The van der Waals surface area contributed by atoms with Crippen molar-refractivity contribution in [1.82, 2.24) is 14.8 Å². The Morgan fingerprint density at radius 1 is 1.33 bits per heavy atom. The summed E-state index contributed by atoms with van der Waals surface area (Å²) in [6, 6.07) is 5.54. The highest BCUT2D eigenvalue weighted by Crippen LogP contribution is 2.10. The number of hydrogen-bond donors (Lipinski definition) is 0. The second kappa shape index (κ2) is 5.44. The Morgan fingerprint density at radius 3 is 2.83 bits per heavy atom. The minimum atomic E-state index is -0.307. The van der Waals surface area contributed by atoms with E-state index in [-0.39, 0.29) is 12.6 Å². The fourth-order valence-electron chi connectivity index (χ4n) is 1.53. The SMILES string of the molecule is Cc1ccc(C(=O)OCCn2cncn2)cc1C. The first-order chi connectivity index (χ1) is 8.66. The Hall–Kier alpha value is -2.17. The van der Waals surface area contributed by atoms with E-state index >= 15 is 0 Å². The second-order valence-corrected chi connectivity index (χ2v) is 4.09. The molecule has 0 fully saturated rings. The molecule has 0 aliphatic rings. The molecule has 0 spiro atoms. The van der Waals surface area contributed by atoms with Gasteiger partial charge in [0.2, 0.25) is 0 Å². The van der Waals surface area contributed by atoms with Gasteiger partial charge in [0.25, 0.3) is 0 Å². The summed E-state index contributed by atoms with van der Waals surface area (Å²) in [6.07, 6.45) is 3.04. The van der Waals surface area contributed by atoms with Gasteiger partial charge in [0.15, 0.2) is 0 Å². The topological polar surface area (TPSA) is 57.0 Å². The number of rotatable bonds is 4. The lowest BCUT2D eigenvalue weighted by atomic mass is 10.1. The normalized spacial score (nSPS) is 10.3. The zero-order valence-corrected chi connectivity index (χ0v) is 10.5. The zero-order valence-electron chi connectivity index (χ0n) is 10.5. The molecule has 0 aliphatic carbocycles. The van der Waals surface area contributed by atoms with E-state index in [4.69, 9.17) is 4.74 Å². The molecule has 1 aromatic carbocycles. The van der Waals surface area contributed by atoms with Gasteiger partial charge in [-0.2, -0.15) is 5.10 Å². The molecule has 0 N–H and O–H groups in total. The van der Waals surface area contributed by atoms with Gasteiger partial charge >= 0.3 is 5.97 Å². The minimum absolute atomic E-state index is 0.287. The van der Waals surface area contributed by atoms with Crippen molar-refractivity contribution in [2.75, 3.05) is 6.61 Å². The first kappa shape index (κ1) is 12.3. The summed E-state index contributed by atoms with van der Waals surface area (Å²) >= 11 is 0. The highest BCUT2D eigenvalue weighted by Gasteiger charge is 2.07. The standard InChI is InChI=1S/C13H15N3O2/c1-10-3-4-12(7-11(10)2)13(17)18-6-5-16-9-14-8-15-16/h3-4,7-9H,5-6H2,1-2H3. The summed E-state index contributed by atoms with van der Waals surface area (Å²) in [5, 5.41) is 3.93. The molecule has 1 heterocycles. The predicted octanol–water partition coefficient (Wildman–Crippen LogP) is 1.75. The fourth-order valence-corrected chi connectivity index (χ4v) is 1.53. The number of aromatic nitrogens is 3. The highest BCUT2D eigenvalue weighted by atomic mass is 16.5. The van der Waals surface area contributed by atoms with E-state index in [2.05, 4.69) is 10.1 Å². The molecular formula is C13H15N3O2. The maximum atomic E-state index is 11.8. The van der Waals surface area contributed by atoms with Crippen molar-refractivity contribution >= 4 is 5.97 Å². The van der Waals surface area contributed by atoms with Crippen LogP contribution >= 0.6 is 0 Å². The van der Waals surface area contributed by atoms with Crippen molar-refractivity contribution in [3.8, 4) is 0 Å². The largest absolute Gasteiger partial charge is 0.460 e. The van der Waals surface area contributed by atoms with E-state index in [1.165, 1.54) is 6.33 Å². The number of carbonyl (C=O) groups excluding carboxylic acids is 1. The van der Waals surface area contributed by atoms with E-state index in [1.54, 1.807) is 17.1 Å². The summed E-state index contributed by atoms with van der Waals surface area (Å²) in [5.41, 5.74) is 2.83. The molecule has 0 amide bonds. The average Bonchev–Trinajstić information content (AvgIpc) is 2.85. The number of ether oxygens (including phenoxy) is 1. The van der Waals surface area contributed by atoms with Gasteiger partial charge in [0, 0.05) is 0 Å². The maximum Gasteiger partial charge on any atom is 0.338 e. The van der Waals surface area contributed by atoms with Crippen LogP contribution in [0.5, 0.6) is 0 Å². The van der Waals surface area contributed by atoms with Crippen molar-refractivity contribution in [2.24, 2.45) is 0 Å². The first-order valence-electron chi connectivity index (χ1n) is 5.73. The van der Waals surface area contributed by atoms with Gasteiger partial charge in [-0.25, -0.2) is 14.5 Å². The Bertz CT molecular complexity index is 535. The monoisotopic (exact) mass is 245 g/mol. The molecule has 1 aromatic heterocycles. The second-order valence-electron chi connectivity index (χ2n) is 4.09. The molecular weight excluding hydrogens is 230 g/mol. The van der Waals surface area contributed by atoms with Crippen molar-refractivity contribution in [2.45, 2.75) is 20.4 Å². The van der Waals surface area contributed by atoms with Gasteiger partial charge in [0.05, 0.1) is 12.1 Å². The van der Waals surface area contributed by atoms with Gasteiger partial charge in [-0.05, 0) is 37.1 Å². The van der Waals surface area contributed by atoms with Crippen LogP contribution in [0.25, 0.3) is 0 Å². The van der Waals surface area contributed by atoms with Crippen LogP contribution < -0.4 is 0 Å². The lowest BCUT2D eigenvalue weighted by Gasteiger charge is -2.06. The van der Waals surface area contributed by atoms with Crippen LogP contribution in [0.4, 0.5) is 0 Å². The molecule has 18 heavy (non-hydrogen) atoms. The van der Waals surface area contributed by atoms with Gasteiger partial charge in [-0.3, -0.25) is 0 Å². The molecule has 0 saturated carbocycles. The Morgan fingerprint density at radius 2 is 2.17 bits per heavy atom. The number of esters is 1. The minimum Gasteiger partial charge on any atom is -0.460 e. The number of carbonyl (C=O) groups is 1. The van der Waals surface area contributed by atoms with Crippen LogP contribution in [0.2, 0.25) is 0 Å². The summed E-state index contributed by atoms with van der Waals surface area (Å²) in [6.45, 7) is 4.78. The Kier molecular flexibility index (Phi) is 3.72. The molecule has 2 rings (SSSR count). The number of aryl methyl sites for hydroxylation is 2. The molecule has 0 unspecified atom stereocenters. The summed E-state index contributed by atoms with van der Waals surface area (Å²) < 4.78 is 6.79. The number of benzene rings is 1. The quantitative estimate of drug-likeness (QED) is 0.770. The van der Waals surface area contributed by atoms with Gasteiger partial charge in [-0.15, -0.1) is 0 Å². The van der Waals surface area contributed by atoms with E-state index in [1.807, 2.05) is 26.0 Å². The van der Waals surface area contributed by atoms with E-state index in [9.17, 15) is 4.79 Å². The third kappa shape index (κ3) is 2.94. The Labute approximate surface area is 105 Å². The highest BCUT2D eigenvalue weighted by molar-refractivity contribution is 5.89. The lowest BCUT2D eigenvalue weighted by molar-refractivity contribution is 0.0487. The third-order valence-corrected chi connectivity index (χ3v) is 2.76. The van der Waals surface area contributed by atoms with Gasteiger partial charge in [-0.1, -0.05) is 6.07 Å². The first-order valence-corrected chi connectivity index (χ1v) is 5.73. The van der Waals surface area contributed by atoms with Gasteiger partial charge in [0.1, 0.15) is 19.3 Å². The fraction of sp³-hybridized carbons (Fsp3) is 0.308. The summed E-state index contributed by atoms with van der Waals surface area (Å²) in [5.74, 6) is -0.307. The zero-order chi connectivity index (χ0) is 13.0. The van der Waals surface area contributed by atoms with Crippen molar-refractivity contribution in [3.63, 3.8) is 0 Å². The molecule has 0 saturated heterocycles. The third-order valence-electron chi connectivity index (χ3n) is 2.76. The maximum absolute atomic E-state index is 11.8. The Balaban J connectivity index is 1.89. The van der Waals surface area contributed by atoms with Crippen LogP contribution in [-0.4, -0.2) is 27.3 Å². The molecule has 94 valence electrons. The molecule has 0 aliphatic heterocycles. The summed E-state index contributed by atoms with van der Waals surface area (Å²) in [4.78, 5) is 15.6. The lowest BCUT2D eigenvalue weighted by Crippen LogP contribution is -2.12. The van der Waals surface area contributed by atoms with E-state index < -0.39 is 0 Å². The van der Waals surface area contributed by atoms with Crippen LogP contribution in [-0.2, 0) is 11.3 Å². The number of hydrogen-bond acceptors (Lipinski definition) is 4. The van der Waals surface area contributed by atoms with Crippen molar-refractivity contribution in [1.29, 1.82) is 0 Å². The molecule has 5 nitrogen and oxygen atoms in total. The van der Waals surface area contributed by atoms with Crippen LogP contribution in [0.15, 0.2) is 30.9 Å². The molecule has 0 atom stereocenters. The van der Waals surface area contributed by atoms with E-state index in [0.29, 0.717) is 12.1 Å². The summed E-state index contributed by atoms with van der Waals surface area (Å²) in [7, 11) is 0. The van der Waals surface area contributed by atoms with Crippen LogP contribution in [0.3, 0.4) is 0 Å². The molecule has 0 bridgehead atoms.